The van der Waals surface area contributed by atoms with E-state index in [1.807, 2.05) is 0 Å². The zero-order valence-corrected chi connectivity index (χ0v) is 10.1. The predicted octanol–water partition coefficient (Wildman–Crippen LogP) is 2.41. The van der Waals surface area contributed by atoms with E-state index >= 15 is 0 Å². The molecule has 2 rings (SSSR count). The van der Waals surface area contributed by atoms with E-state index in [0.29, 0.717) is 17.3 Å². The summed E-state index contributed by atoms with van der Waals surface area (Å²) in [5.41, 5.74) is 0.579. The molecule has 0 saturated heterocycles. The van der Waals surface area contributed by atoms with Gasteiger partial charge < -0.3 is 15.4 Å². The minimum Gasteiger partial charge on any atom is -0.494 e. The molecule has 0 spiro atoms. The quantitative estimate of drug-likeness (QED) is 0.870. The molecule has 0 saturated carbocycles. The van der Waals surface area contributed by atoms with Gasteiger partial charge in [0.05, 0.1) is 19.5 Å². The topological polar surface area (TPSA) is 59.1 Å². The van der Waals surface area contributed by atoms with Gasteiger partial charge in [0.2, 0.25) is 0 Å². The standard InChI is InChI=1S/C12H13FN4O/c1-14-11-6-15-7-12(17-11)16-8-3-4-10(18-2)9(13)5-8/h3-7H,1-2H3,(H2,14,16,17). The Hall–Kier alpha value is -2.37. The molecule has 1 heterocycles. The van der Waals surface area contributed by atoms with Crippen molar-refractivity contribution in [1.82, 2.24) is 9.97 Å². The Morgan fingerprint density at radius 2 is 2.00 bits per heavy atom. The molecule has 0 aliphatic carbocycles. The van der Waals surface area contributed by atoms with Crippen LogP contribution in [0.25, 0.3) is 0 Å². The van der Waals surface area contributed by atoms with Crippen LogP contribution in [0, 0.1) is 5.82 Å². The largest absolute Gasteiger partial charge is 0.494 e. The van der Waals surface area contributed by atoms with Crippen molar-refractivity contribution in [3.63, 3.8) is 0 Å². The number of anilines is 3. The number of hydrogen-bond acceptors (Lipinski definition) is 5. The Labute approximate surface area is 104 Å². The van der Waals surface area contributed by atoms with Crippen molar-refractivity contribution in [2.24, 2.45) is 0 Å². The molecule has 2 N–H and O–H groups in total. The van der Waals surface area contributed by atoms with Gasteiger partial charge in [-0.2, -0.15) is 0 Å². The van der Waals surface area contributed by atoms with Gasteiger partial charge in [-0.25, -0.2) is 9.37 Å². The fraction of sp³-hybridized carbons (Fsp3) is 0.167. The first-order valence-corrected chi connectivity index (χ1v) is 5.33. The highest BCUT2D eigenvalue weighted by molar-refractivity contribution is 5.58. The molecule has 1 aromatic carbocycles. The third-order valence-corrected chi connectivity index (χ3v) is 2.31. The maximum absolute atomic E-state index is 13.5. The lowest BCUT2D eigenvalue weighted by molar-refractivity contribution is 0.386. The summed E-state index contributed by atoms with van der Waals surface area (Å²) in [6.45, 7) is 0. The van der Waals surface area contributed by atoms with Crippen LogP contribution in [0.5, 0.6) is 5.75 Å². The van der Waals surface area contributed by atoms with Crippen LogP contribution in [-0.2, 0) is 0 Å². The number of rotatable bonds is 4. The molecule has 0 radical (unpaired) electrons. The van der Waals surface area contributed by atoms with Crippen LogP contribution >= 0.6 is 0 Å². The van der Waals surface area contributed by atoms with Gasteiger partial charge in [-0.15, -0.1) is 0 Å². The molecule has 1 aromatic heterocycles. The van der Waals surface area contributed by atoms with Crippen LogP contribution in [0.15, 0.2) is 30.6 Å². The van der Waals surface area contributed by atoms with Gasteiger partial charge in [-0.3, -0.25) is 4.98 Å². The maximum Gasteiger partial charge on any atom is 0.167 e. The van der Waals surface area contributed by atoms with Crippen molar-refractivity contribution >= 4 is 17.3 Å². The lowest BCUT2D eigenvalue weighted by Gasteiger charge is -2.08. The van der Waals surface area contributed by atoms with Crippen LogP contribution in [0.4, 0.5) is 21.7 Å². The summed E-state index contributed by atoms with van der Waals surface area (Å²) in [4.78, 5) is 8.22. The van der Waals surface area contributed by atoms with Crippen LogP contribution < -0.4 is 15.4 Å². The number of halogens is 1. The summed E-state index contributed by atoms with van der Waals surface area (Å²) in [6.07, 6.45) is 3.16. The molecule has 18 heavy (non-hydrogen) atoms. The minimum atomic E-state index is -0.430. The van der Waals surface area contributed by atoms with Crippen LogP contribution in [0.1, 0.15) is 0 Å². The van der Waals surface area contributed by atoms with E-state index in [4.69, 9.17) is 4.74 Å². The summed E-state index contributed by atoms with van der Waals surface area (Å²) < 4.78 is 18.3. The fourth-order valence-electron chi connectivity index (χ4n) is 1.44. The van der Waals surface area contributed by atoms with Gasteiger partial charge in [0.25, 0.3) is 0 Å². The molecule has 0 aliphatic rings. The first-order valence-electron chi connectivity index (χ1n) is 5.33. The average molecular weight is 248 g/mol. The molecule has 6 heteroatoms. The Kier molecular flexibility index (Phi) is 3.57. The van der Waals surface area contributed by atoms with E-state index in [1.54, 1.807) is 31.6 Å². The number of hydrogen-bond donors (Lipinski definition) is 2. The second-order valence-electron chi connectivity index (χ2n) is 3.51. The number of benzene rings is 1. The summed E-state index contributed by atoms with van der Waals surface area (Å²) in [7, 11) is 3.17. The minimum absolute atomic E-state index is 0.204. The van der Waals surface area contributed by atoms with Gasteiger partial charge in [-0.1, -0.05) is 0 Å². The number of aromatic nitrogens is 2. The van der Waals surface area contributed by atoms with Crippen molar-refractivity contribution in [3.05, 3.63) is 36.4 Å². The number of nitrogens with zero attached hydrogens (tertiary/aromatic N) is 2. The van der Waals surface area contributed by atoms with Crippen LogP contribution in [0.2, 0.25) is 0 Å². The molecule has 0 amide bonds. The Balaban J connectivity index is 2.20. The molecule has 0 aliphatic heterocycles. The molecule has 0 bridgehead atoms. The molecule has 0 unspecified atom stereocenters. The van der Waals surface area contributed by atoms with E-state index < -0.39 is 5.82 Å². The molecule has 94 valence electrons. The van der Waals surface area contributed by atoms with E-state index in [9.17, 15) is 4.39 Å². The van der Waals surface area contributed by atoms with Crippen molar-refractivity contribution in [2.75, 3.05) is 24.8 Å². The van der Waals surface area contributed by atoms with Gasteiger partial charge in [0.1, 0.15) is 5.82 Å². The highest BCUT2D eigenvalue weighted by Gasteiger charge is 2.04. The van der Waals surface area contributed by atoms with E-state index in [2.05, 4.69) is 20.6 Å². The molecule has 2 aromatic rings. The average Bonchev–Trinajstić information content (AvgIpc) is 2.39. The SMILES string of the molecule is CNc1cncc(Nc2ccc(OC)c(F)c2)n1. The first-order chi connectivity index (χ1) is 8.72. The smallest absolute Gasteiger partial charge is 0.167 e. The normalized spacial score (nSPS) is 9.94. The third kappa shape index (κ3) is 2.65. The van der Waals surface area contributed by atoms with Gasteiger partial charge in [0.15, 0.2) is 17.4 Å². The fourth-order valence-corrected chi connectivity index (χ4v) is 1.44. The van der Waals surface area contributed by atoms with E-state index in [0.717, 1.165) is 0 Å². The van der Waals surface area contributed by atoms with Crippen molar-refractivity contribution < 1.29 is 9.13 Å². The lowest BCUT2D eigenvalue weighted by atomic mass is 10.3. The maximum atomic E-state index is 13.5. The second kappa shape index (κ2) is 5.31. The summed E-state index contributed by atoms with van der Waals surface area (Å²) >= 11 is 0. The van der Waals surface area contributed by atoms with Crippen molar-refractivity contribution in [1.29, 1.82) is 0 Å². The van der Waals surface area contributed by atoms with Gasteiger partial charge in [-0.05, 0) is 12.1 Å². The van der Waals surface area contributed by atoms with E-state index in [-0.39, 0.29) is 5.75 Å². The van der Waals surface area contributed by atoms with Gasteiger partial charge in [0, 0.05) is 18.8 Å². The molecule has 0 atom stereocenters. The zero-order valence-electron chi connectivity index (χ0n) is 10.1. The summed E-state index contributed by atoms with van der Waals surface area (Å²) in [5, 5.41) is 5.84. The Morgan fingerprint density at radius 3 is 2.67 bits per heavy atom. The lowest BCUT2D eigenvalue weighted by Crippen LogP contribution is -1.99. The van der Waals surface area contributed by atoms with Crippen LogP contribution in [-0.4, -0.2) is 24.1 Å². The number of nitrogens with one attached hydrogen (secondary N) is 2. The highest BCUT2D eigenvalue weighted by Crippen LogP contribution is 2.22. The van der Waals surface area contributed by atoms with Gasteiger partial charge >= 0.3 is 0 Å². The predicted molar refractivity (Wildman–Crippen MR) is 67.8 cm³/mol. The van der Waals surface area contributed by atoms with Crippen molar-refractivity contribution in [2.45, 2.75) is 0 Å². The monoisotopic (exact) mass is 248 g/mol. The van der Waals surface area contributed by atoms with Crippen molar-refractivity contribution in [3.8, 4) is 5.75 Å². The van der Waals surface area contributed by atoms with E-state index in [1.165, 1.54) is 13.2 Å². The molecule has 0 fully saturated rings. The highest BCUT2D eigenvalue weighted by atomic mass is 19.1. The Bertz CT molecular complexity index is 547. The summed E-state index contributed by atoms with van der Waals surface area (Å²) in [6, 6.07) is 4.59. The second-order valence-corrected chi connectivity index (χ2v) is 3.51. The van der Waals surface area contributed by atoms with Crippen LogP contribution in [0.3, 0.4) is 0 Å². The molecular weight excluding hydrogens is 235 g/mol. The molecule has 5 nitrogen and oxygen atoms in total. The zero-order chi connectivity index (χ0) is 13.0. The Morgan fingerprint density at radius 1 is 1.22 bits per heavy atom. The molecular formula is C12H13FN4O. The first kappa shape index (κ1) is 12.1. The third-order valence-electron chi connectivity index (χ3n) is 2.31. The number of ether oxygens (including phenoxy) is 1. The number of methoxy groups -OCH3 is 1. The summed E-state index contributed by atoms with van der Waals surface area (Å²) in [5.74, 6) is 0.941.